The lowest BCUT2D eigenvalue weighted by molar-refractivity contribution is -0.122. The first kappa shape index (κ1) is 14.0. The Morgan fingerprint density at radius 3 is 2.47 bits per heavy atom. The summed E-state index contributed by atoms with van der Waals surface area (Å²) < 4.78 is 23.2. The third-order valence-corrected chi connectivity index (χ3v) is 3.71. The number of carbonyl (C=O) groups is 1. The summed E-state index contributed by atoms with van der Waals surface area (Å²) in [6, 6.07) is 6.71. The molecule has 7 heteroatoms. The summed E-state index contributed by atoms with van der Waals surface area (Å²) in [5.74, 6) is -0.341. The predicted molar refractivity (Wildman–Crippen MR) is 73.4 cm³/mol. The molecule has 0 unspecified atom stereocenters. The number of hydrazine groups is 1. The first-order valence-corrected chi connectivity index (χ1v) is 7.64. The minimum atomic E-state index is -3.69. The Labute approximate surface area is 116 Å². The zero-order valence-electron chi connectivity index (χ0n) is 9.97. The van der Waals surface area contributed by atoms with Gasteiger partial charge < -0.3 is 0 Å². The van der Waals surface area contributed by atoms with Crippen molar-refractivity contribution in [3.05, 3.63) is 40.3 Å². The maximum Gasteiger partial charge on any atom is 0.250 e. The minimum absolute atomic E-state index is 0.0528. The van der Waals surface area contributed by atoms with Crippen molar-refractivity contribution in [2.45, 2.75) is 12.8 Å². The van der Waals surface area contributed by atoms with Crippen LogP contribution >= 0.6 is 11.6 Å². The van der Waals surface area contributed by atoms with Gasteiger partial charge in [0, 0.05) is 16.3 Å². The lowest BCUT2D eigenvalue weighted by atomic mass is 10.2. The van der Waals surface area contributed by atoms with Crippen LogP contribution in [-0.2, 0) is 14.8 Å². The van der Waals surface area contributed by atoms with Gasteiger partial charge in [-0.3, -0.25) is 10.2 Å². The molecular formula is C12H13ClN2O3S. The van der Waals surface area contributed by atoms with E-state index in [0.29, 0.717) is 10.6 Å². The Bertz CT molecular complexity index is 592. The molecular weight excluding hydrogens is 288 g/mol. The first-order chi connectivity index (χ1) is 8.96. The average Bonchev–Trinajstić information content (AvgIpc) is 3.20. The molecule has 5 nitrogen and oxygen atoms in total. The van der Waals surface area contributed by atoms with Crippen LogP contribution in [0, 0.1) is 5.92 Å². The summed E-state index contributed by atoms with van der Waals surface area (Å²) in [5.41, 5.74) is 2.88. The second-order valence-electron chi connectivity index (χ2n) is 4.26. The summed E-state index contributed by atoms with van der Waals surface area (Å²) >= 11 is 5.72. The van der Waals surface area contributed by atoms with Crippen molar-refractivity contribution in [2.24, 2.45) is 5.92 Å². The second-order valence-corrected chi connectivity index (χ2v) is 6.27. The van der Waals surface area contributed by atoms with Gasteiger partial charge in [0.05, 0.1) is 0 Å². The molecule has 0 aliphatic heterocycles. The molecule has 102 valence electrons. The molecule has 1 fully saturated rings. The molecule has 2 N–H and O–H groups in total. The number of benzene rings is 1. The number of hydrogen-bond acceptors (Lipinski definition) is 3. The number of nitrogens with one attached hydrogen (secondary N) is 2. The van der Waals surface area contributed by atoms with E-state index in [0.717, 1.165) is 18.2 Å². The predicted octanol–water partition coefficient (Wildman–Crippen LogP) is 1.67. The van der Waals surface area contributed by atoms with Crippen LogP contribution in [0.1, 0.15) is 18.4 Å². The maximum absolute atomic E-state index is 11.6. The van der Waals surface area contributed by atoms with Crippen LogP contribution in [0.5, 0.6) is 0 Å². The summed E-state index contributed by atoms with van der Waals surface area (Å²) in [4.78, 5) is 13.3. The van der Waals surface area contributed by atoms with E-state index in [-0.39, 0.29) is 11.8 Å². The summed E-state index contributed by atoms with van der Waals surface area (Å²) in [6.45, 7) is 0. The molecule has 0 aromatic heterocycles. The van der Waals surface area contributed by atoms with E-state index in [1.54, 1.807) is 24.3 Å². The van der Waals surface area contributed by atoms with E-state index in [2.05, 4.69) is 5.43 Å². The number of hydrogen-bond donors (Lipinski definition) is 2. The van der Waals surface area contributed by atoms with Gasteiger partial charge in [-0.05, 0) is 36.6 Å². The van der Waals surface area contributed by atoms with Crippen LogP contribution in [0.3, 0.4) is 0 Å². The van der Waals surface area contributed by atoms with Crippen LogP contribution in [0.4, 0.5) is 0 Å². The Kier molecular flexibility index (Phi) is 4.24. The van der Waals surface area contributed by atoms with Crippen LogP contribution in [0.2, 0.25) is 5.02 Å². The average molecular weight is 301 g/mol. The summed E-state index contributed by atoms with van der Waals surface area (Å²) in [6.07, 6.45) is 3.05. The van der Waals surface area contributed by atoms with E-state index in [4.69, 9.17) is 11.6 Å². The van der Waals surface area contributed by atoms with Crippen LogP contribution in [0.25, 0.3) is 6.08 Å². The van der Waals surface area contributed by atoms with Crippen molar-refractivity contribution in [1.29, 1.82) is 0 Å². The van der Waals surface area contributed by atoms with Crippen LogP contribution in [0.15, 0.2) is 29.7 Å². The second kappa shape index (κ2) is 5.73. The Morgan fingerprint density at radius 1 is 1.26 bits per heavy atom. The van der Waals surface area contributed by atoms with Gasteiger partial charge >= 0.3 is 0 Å². The van der Waals surface area contributed by atoms with Crippen molar-refractivity contribution in [3.8, 4) is 0 Å². The van der Waals surface area contributed by atoms with Crippen molar-refractivity contribution in [3.63, 3.8) is 0 Å². The van der Waals surface area contributed by atoms with Crippen molar-refractivity contribution in [2.75, 3.05) is 0 Å². The molecule has 1 aromatic carbocycles. The van der Waals surface area contributed by atoms with E-state index in [1.807, 2.05) is 4.83 Å². The molecule has 1 aliphatic carbocycles. The molecule has 1 aliphatic rings. The highest BCUT2D eigenvalue weighted by Crippen LogP contribution is 2.28. The SMILES string of the molecule is O=C(NNS(=O)(=O)/C=C/c1ccc(Cl)cc1)C1CC1. The lowest BCUT2D eigenvalue weighted by Crippen LogP contribution is -2.41. The van der Waals surface area contributed by atoms with Gasteiger partial charge in [0.1, 0.15) is 0 Å². The maximum atomic E-state index is 11.6. The first-order valence-electron chi connectivity index (χ1n) is 5.71. The smallest absolute Gasteiger partial charge is 0.250 e. The van der Waals surface area contributed by atoms with E-state index >= 15 is 0 Å². The zero-order chi connectivity index (χ0) is 13.9. The van der Waals surface area contributed by atoms with Gasteiger partial charge in [0.15, 0.2) is 0 Å². The molecule has 1 amide bonds. The molecule has 0 bridgehead atoms. The lowest BCUT2D eigenvalue weighted by Gasteiger charge is -2.04. The molecule has 0 heterocycles. The highest BCUT2D eigenvalue weighted by molar-refractivity contribution is 7.92. The monoisotopic (exact) mass is 300 g/mol. The standard InChI is InChI=1S/C12H13ClN2O3S/c13-11-5-1-9(2-6-11)7-8-19(17,18)15-14-12(16)10-3-4-10/h1-2,5-8,10,15H,3-4H2,(H,14,16)/b8-7+. The fourth-order valence-corrected chi connectivity index (χ4v) is 2.12. The van der Waals surface area contributed by atoms with Crippen molar-refractivity contribution in [1.82, 2.24) is 10.3 Å². The molecule has 19 heavy (non-hydrogen) atoms. The van der Waals surface area contributed by atoms with Crippen LogP contribution < -0.4 is 10.3 Å². The minimum Gasteiger partial charge on any atom is -0.277 e. The van der Waals surface area contributed by atoms with Gasteiger partial charge in [0.2, 0.25) is 5.91 Å². The number of rotatable bonds is 5. The Morgan fingerprint density at radius 2 is 1.89 bits per heavy atom. The summed E-state index contributed by atoms with van der Waals surface area (Å²) in [5, 5.41) is 1.57. The third-order valence-electron chi connectivity index (χ3n) is 2.57. The van der Waals surface area contributed by atoms with Gasteiger partial charge in [-0.2, -0.15) is 0 Å². The zero-order valence-corrected chi connectivity index (χ0v) is 11.5. The largest absolute Gasteiger partial charge is 0.277 e. The Hall–Kier alpha value is -1.37. The van der Waals surface area contributed by atoms with E-state index in [1.165, 1.54) is 6.08 Å². The van der Waals surface area contributed by atoms with E-state index < -0.39 is 10.0 Å². The highest BCUT2D eigenvalue weighted by atomic mass is 35.5. The van der Waals surface area contributed by atoms with Crippen molar-refractivity contribution < 1.29 is 13.2 Å². The van der Waals surface area contributed by atoms with Gasteiger partial charge in [-0.1, -0.05) is 23.7 Å². The van der Waals surface area contributed by atoms with Gasteiger partial charge in [-0.15, -0.1) is 4.83 Å². The topological polar surface area (TPSA) is 75.3 Å². The molecule has 0 spiro atoms. The molecule has 0 saturated heterocycles. The van der Waals surface area contributed by atoms with Gasteiger partial charge in [0.25, 0.3) is 10.0 Å². The third kappa shape index (κ3) is 4.66. The number of sulfonamides is 1. The summed E-state index contributed by atoms with van der Waals surface area (Å²) in [7, 11) is -3.69. The molecule has 2 rings (SSSR count). The number of amides is 1. The quantitative estimate of drug-likeness (QED) is 0.812. The fraction of sp³-hybridized carbons (Fsp3) is 0.250. The fourth-order valence-electron chi connectivity index (χ4n) is 1.35. The number of halogens is 1. The van der Waals surface area contributed by atoms with Crippen LogP contribution in [-0.4, -0.2) is 14.3 Å². The molecule has 0 atom stereocenters. The Balaban J connectivity index is 1.92. The molecule has 0 radical (unpaired) electrons. The molecule has 1 aromatic rings. The molecule has 1 saturated carbocycles. The van der Waals surface area contributed by atoms with Crippen molar-refractivity contribution >= 4 is 33.6 Å². The van der Waals surface area contributed by atoms with E-state index in [9.17, 15) is 13.2 Å². The van der Waals surface area contributed by atoms with Gasteiger partial charge in [-0.25, -0.2) is 8.42 Å². The highest BCUT2D eigenvalue weighted by Gasteiger charge is 2.29. The number of carbonyl (C=O) groups excluding carboxylic acids is 1. The normalized spacial score (nSPS) is 15.6.